The number of likely N-dealkylation sites (tertiary alicyclic amines) is 2. The maximum absolute atomic E-state index is 14.3. The summed E-state index contributed by atoms with van der Waals surface area (Å²) in [5.74, 6) is -0.446. The Morgan fingerprint density at radius 2 is 1.90 bits per heavy atom. The van der Waals surface area contributed by atoms with Gasteiger partial charge in [0.05, 0.1) is 12.1 Å². The second-order valence-electron chi connectivity index (χ2n) is 12.2. The van der Waals surface area contributed by atoms with Crippen molar-refractivity contribution in [3.05, 3.63) is 71.7 Å². The molecule has 0 aliphatic carbocycles. The van der Waals surface area contributed by atoms with Gasteiger partial charge in [-0.1, -0.05) is 51.1 Å². The van der Waals surface area contributed by atoms with E-state index in [0.29, 0.717) is 6.54 Å². The Hall–Kier alpha value is -3.23. The smallest absolute Gasteiger partial charge is 0.246 e. The summed E-state index contributed by atoms with van der Waals surface area (Å²) >= 11 is 0. The average molecular weight is 534 g/mol. The Morgan fingerprint density at radius 1 is 1.15 bits per heavy atom. The predicted molar refractivity (Wildman–Crippen MR) is 152 cm³/mol. The molecule has 2 amide bonds. The minimum atomic E-state index is -0.652. The van der Waals surface area contributed by atoms with Gasteiger partial charge in [0.15, 0.2) is 0 Å². The zero-order valence-electron chi connectivity index (χ0n) is 23.5. The molecule has 8 heteroatoms. The molecule has 0 saturated carbocycles. The molecule has 3 heterocycles. The summed E-state index contributed by atoms with van der Waals surface area (Å²) in [6, 6.07) is 14.4. The SMILES string of the molecule is CNC(C)C(=O)NC(C(=O)N1CCC2C1C(c1c[nH]c3cc(F)ccc13)CN2Cc1ccccc1)C(C)(C)C. The summed E-state index contributed by atoms with van der Waals surface area (Å²) in [7, 11) is 1.74. The van der Waals surface area contributed by atoms with Crippen molar-refractivity contribution in [3.8, 4) is 0 Å². The summed E-state index contributed by atoms with van der Waals surface area (Å²) in [6.45, 7) is 10.0. The highest BCUT2D eigenvalue weighted by Crippen LogP contribution is 2.44. The van der Waals surface area contributed by atoms with Gasteiger partial charge < -0.3 is 20.5 Å². The van der Waals surface area contributed by atoms with Crippen LogP contribution < -0.4 is 10.6 Å². The summed E-state index contributed by atoms with van der Waals surface area (Å²) in [5.41, 5.74) is 2.65. The molecule has 2 fully saturated rings. The second kappa shape index (κ2) is 10.7. The molecule has 3 aromatic rings. The summed E-state index contributed by atoms with van der Waals surface area (Å²) in [5, 5.41) is 7.01. The van der Waals surface area contributed by atoms with Gasteiger partial charge in [0.1, 0.15) is 11.9 Å². The van der Waals surface area contributed by atoms with Crippen molar-refractivity contribution >= 4 is 22.7 Å². The maximum Gasteiger partial charge on any atom is 0.246 e. The van der Waals surface area contributed by atoms with Crippen molar-refractivity contribution in [2.75, 3.05) is 20.1 Å². The number of nitrogens with zero attached hydrogens (tertiary/aromatic N) is 2. The molecule has 2 aliphatic heterocycles. The number of likely N-dealkylation sites (N-methyl/N-ethyl adjacent to an activating group) is 1. The Bertz CT molecular complexity index is 1330. The van der Waals surface area contributed by atoms with Crippen LogP contribution in [0.15, 0.2) is 54.7 Å². The number of carbonyl (C=O) groups is 2. The number of H-pyrrole nitrogens is 1. The van der Waals surface area contributed by atoms with Crippen LogP contribution in [-0.4, -0.2) is 70.9 Å². The molecule has 208 valence electrons. The van der Waals surface area contributed by atoms with Crippen LogP contribution in [0.1, 0.15) is 51.2 Å². The van der Waals surface area contributed by atoms with E-state index in [1.807, 2.05) is 44.0 Å². The fourth-order valence-electron chi connectivity index (χ4n) is 6.36. The fraction of sp³-hybridized carbons (Fsp3) is 0.484. The number of hydrogen-bond acceptors (Lipinski definition) is 4. The van der Waals surface area contributed by atoms with Gasteiger partial charge >= 0.3 is 0 Å². The number of carbonyl (C=O) groups excluding carboxylic acids is 2. The van der Waals surface area contributed by atoms with Crippen molar-refractivity contribution in [1.29, 1.82) is 0 Å². The lowest BCUT2D eigenvalue weighted by Crippen LogP contribution is -2.58. The number of aromatic amines is 1. The minimum absolute atomic E-state index is 0.0379. The summed E-state index contributed by atoms with van der Waals surface area (Å²) in [4.78, 5) is 34.9. The first-order chi connectivity index (χ1) is 18.6. The van der Waals surface area contributed by atoms with Crippen LogP contribution in [-0.2, 0) is 16.1 Å². The average Bonchev–Trinajstić information content (AvgIpc) is 3.61. The molecule has 1 aromatic heterocycles. The number of aromatic nitrogens is 1. The highest BCUT2D eigenvalue weighted by atomic mass is 19.1. The molecule has 2 aromatic carbocycles. The molecular formula is C31H40FN5O2. The maximum atomic E-state index is 14.3. The normalized spacial score (nSPS) is 23.1. The highest BCUT2D eigenvalue weighted by molar-refractivity contribution is 5.91. The standard InChI is InChI=1S/C31H40FN5O2/c1-19(33-5)29(38)35-28(31(2,3)4)30(39)37-14-13-26-27(37)24(18-36(26)17-20-9-7-6-8-10-20)23-16-34-25-15-21(32)11-12-22(23)25/h6-12,15-16,19,24,26-28,33-34H,13-14,17-18H2,1-5H3,(H,35,38). The number of halogens is 1. The number of hydrogen-bond donors (Lipinski definition) is 3. The predicted octanol–water partition coefficient (Wildman–Crippen LogP) is 4.01. The Kier molecular flexibility index (Phi) is 7.53. The van der Waals surface area contributed by atoms with Crippen LogP contribution >= 0.6 is 0 Å². The molecule has 2 saturated heterocycles. The number of benzene rings is 2. The largest absolute Gasteiger partial charge is 0.361 e. The molecule has 5 unspecified atom stereocenters. The number of nitrogens with one attached hydrogen (secondary N) is 3. The van der Waals surface area contributed by atoms with Crippen LogP contribution in [0.4, 0.5) is 4.39 Å². The zero-order valence-corrected chi connectivity index (χ0v) is 23.5. The molecule has 0 bridgehead atoms. The van der Waals surface area contributed by atoms with Gasteiger partial charge in [-0.3, -0.25) is 14.5 Å². The van der Waals surface area contributed by atoms with Crippen LogP contribution in [0.5, 0.6) is 0 Å². The molecule has 5 rings (SSSR count). The van der Waals surface area contributed by atoms with E-state index < -0.39 is 17.5 Å². The number of rotatable bonds is 7. The van der Waals surface area contributed by atoms with E-state index in [1.54, 1.807) is 14.0 Å². The van der Waals surface area contributed by atoms with Gasteiger partial charge in [0.2, 0.25) is 11.8 Å². The molecule has 5 atom stereocenters. The van der Waals surface area contributed by atoms with Crippen molar-refractivity contribution in [3.63, 3.8) is 0 Å². The van der Waals surface area contributed by atoms with E-state index in [-0.39, 0.29) is 35.6 Å². The Labute approximate surface area is 230 Å². The third kappa shape index (κ3) is 5.32. The van der Waals surface area contributed by atoms with Crippen LogP contribution in [0.25, 0.3) is 10.9 Å². The first-order valence-electron chi connectivity index (χ1n) is 13.9. The van der Waals surface area contributed by atoms with Crippen LogP contribution in [0.3, 0.4) is 0 Å². The van der Waals surface area contributed by atoms with Gasteiger partial charge in [-0.05, 0) is 55.1 Å². The third-order valence-electron chi connectivity index (χ3n) is 8.55. The van der Waals surface area contributed by atoms with Crippen molar-refractivity contribution < 1.29 is 14.0 Å². The Balaban J connectivity index is 1.50. The molecular weight excluding hydrogens is 493 g/mol. The van der Waals surface area contributed by atoms with Crippen LogP contribution in [0.2, 0.25) is 0 Å². The molecule has 0 spiro atoms. The fourth-order valence-corrected chi connectivity index (χ4v) is 6.36. The Morgan fingerprint density at radius 3 is 2.59 bits per heavy atom. The van der Waals surface area contributed by atoms with Crippen molar-refractivity contribution in [2.24, 2.45) is 5.41 Å². The topological polar surface area (TPSA) is 80.5 Å². The van der Waals surface area contributed by atoms with E-state index in [4.69, 9.17) is 0 Å². The van der Waals surface area contributed by atoms with E-state index in [1.165, 1.54) is 17.7 Å². The second-order valence-corrected chi connectivity index (χ2v) is 12.2. The lowest BCUT2D eigenvalue weighted by Gasteiger charge is -2.37. The van der Waals surface area contributed by atoms with Crippen LogP contribution in [0, 0.1) is 11.2 Å². The molecule has 0 radical (unpaired) electrons. The van der Waals surface area contributed by atoms with E-state index in [0.717, 1.165) is 36.0 Å². The number of fused-ring (bicyclic) bond motifs is 2. The molecule has 7 nitrogen and oxygen atoms in total. The number of amides is 2. The zero-order chi connectivity index (χ0) is 27.9. The van der Waals surface area contributed by atoms with Gasteiger partial charge in [-0.25, -0.2) is 4.39 Å². The van der Waals surface area contributed by atoms with Gasteiger partial charge in [-0.15, -0.1) is 0 Å². The third-order valence-corrected chi connectivity index (χ3v) is 8.55. The van der Waals surface area contributed by atoms with E-state index in [2.05, 4.69) is 44.8 Å². The lowest BCUT2D eigenvalue weighted by molar-refractivity contribution is -0.140. The quantitative estimate of drug-likeness (QED) is 0.429. The summed E-state index contributed by atoms with van der Waals surface area (Å²) < 4.78 is 14.0. The molecule has 39 heavy (non-hydrogen) atoms. The summed E-state index contributed by atoms with van der Waals surface area (Å²) in [6.07, 6.45) is 2.85. The minimum Gasteiger partial charge on any atom is -0.361 e. The highest BCUT2D eigenvalue weighted by Gasteiger charge is 2.52. The lowest BCUT2D eigenvalue weighted by atomic mass is 9.84. The van der Waals surface area contributed by atoms with Crippen molar-refractivity contribution in [1.82, 2.24) is 25.4 Å². The van der Waals surface area contributed by atoms with Crippen molar-refractivity contribution in [2.45, 2.75) is 70.7 Å². The van der Waals surface area contributed by atoms with Gasteiger partial charge in [0.25, 0.3) is 0 Å². The van der Waals surface area contributed by atoms with E-state index >= 15 is 0 Å². The monoisotopic (exact) mass is 533 g/mol. The first kappa shape index (κ1) is 27.3. The van der Waals surface area contributed by atoms with Gasteiger partial charge in [-0.2, -0.15) is 0 Å². The molecule has 2 aliphatic rings. The van der Waals surface area contributed by atoms with Gasteiger partial charge in [0, 0.05) is 48.7 Å². The first-order valence-corrected chi connectivity index (χ1v) is 13.9. The molecule has 3 N–H and O–H groups in total. The van der Waals surface area contributed by atoms with E-state index in [9.17, 15) is 14.0 Å².